The Balaban J connectivity index is 1.93. The van der Waals surface area contributed by atoms with Gasteiger partial charge in [0.2, 0.25) is 0 Å². The molecule has 0 N–H and O–H groups in total. The third kappa shape index (κ3) is 2.88. The number of carbonyl (C=O) groups excluding carboxylic acids is 1. The van der Waals surface area contributed by atoms with Crippen molar-refractivity contribution in [3.8, 4) is 0 Å². The van der Waals surface area contributed by atoms with Crippen LogP contribution in [0, 0.1) is 0 Å². The first-order chi connectivity index (χ1) is 12.3. The zero-order valence-corrected chi connectivity index (χ0v) is 14.9. The highest BCUT2D eigenvalue weighted by Crippen LogP contribution is 2.41. The molecule has 0 atom stereocenters. The number of hydrogen-bond acceptors (Lipinski definition) is 7. The Morgan fingerprint density at radius 2 is 2.12 bits per heavy atom. The third-order valence-electron chi connectivity index (χ3n) is 3.66. The van der Waals surface area contributed by atoms with Gasteiger partial charge in [-0.1, -0.05) is 6.07 Å². The summed E-state index contributed by atoms with van der Waals surface area (Å²) in [5.41, 5.74) is 0.880. The molecule has 0 radical (unpaired) electrons. The molecule has 4 aromatic rings. The third-order valence-corrected chi connectivity index (χ3v) is 5.56. The van der Waals surface area contributed by atoms with Crippen LogP contribution in [0.5, 0.6) is 0 Å². The van der Waals surface area contributed by atoms with E-state index in [0.717, 1.165) is 26.6 Å². The number of carbonyl (C=O) groups is 1. The van der Waals surface area contributed by atoms with Gasteiger partial charge in [0.25, 0.3) is 0 Å². The Kier molecular flexibility index (Phi) is 4.17. The van der Waals surface area contributed by atoms with Crippen molar-refractivity contribution in [2.24, 2.45) is 0 Å². The summed E-state index contributed by atoms with van der Waals surface area (Å²) in [4.78, 5) is 23.4. The fourth-order valence-electron chi connectivity index (χ4n) is 2.56. The van der Waals surface area contributed by atoms with Gasteiger partial charge in [0.1, 0.15) is 15.7 Å². The molecule has 0 aliphatic heterocycles. The Morgan fingerprint density at radius 1 is 1.20 bits per heavy atom. The maximum atomic E-state index is 11.9. The van der Waals surface area contributed by atoms with Gasteiger partial charge in [-0.25, -0.2) is 9.78 Å². The van der Waals surface area contributed by atoms with Crippen LogP contribution in [-0.2, 0) is 4.74 Å². The highest BCUT2D eigenvalue weighted by atomic mass is 32.1. The molecule has 4 aromatic heterocycles. The number of esters is 1. The van der Waals surface area contributed by atoms with E-state index in [4.69, 9.17) is 4.74 Å². The van der Waals surface area contributed by atoms with Crippen LogP contribution in [0.25, 0.3) is 10.1 Å². The zero-order valence-electron chi connectivity index (χ0n) is 13.2. The molecule has 0 bridgehead atoms. The lowest BCUT2D eigenvalue weighted by molar-refractivity contribution is 0.0606. The number of ether oxygens (including phenoxy) is 1. The molecule has 0 aliphatic carbocycles. The van der Waals surface area contributed by atoms with Crippen LogP contribution in [0.4, 0.5) is 16.5 Å². The fraction of sp³-hybridized carbons (Fsp3) is 0.0556. The van der Waals surface area contributed by atoms with E-state index >= 15 is 0 Å². The number of pyridine rings is 2. The maximum absolute atomic E-state index is 11.9. The molecule has 0 aromatic carbocycles. The van der Waals surface area contributed by atoms with Gasteiger partial charge >= 0.3 is 5.97 Å². The summed E-state index contributed by atoms with van der Waals surface area (Å²) < 4.78 is 5.78. The number of thiophene rings is 2. The molecule has 0 saturated heterocycles. The molecular weight excluding hydrogens is 354 g/mol. The second kappa shape index (κ2) is 6.62. The number of rotatable bonds is 4. The first kappa shape index (κ1) is 15.7. The summed E-state index contributed by atoms with van der Waals surface area (Å²) in [5.74, 6) is 0.456. The molecule has 4 heterocycles. The fourth-order valence-corrected chi connectivity index (χ4v) is 4.28. The van der Waals surface area contributed by atoms with Crippen LogP contribution in [0.1, 0.15) is 9.67 Å². The molecule has 7 heteroatoms. The number of anilines is 3. The van der Waals surface area contributed by atoms with Crippen LogP contribution in [-0.4, -0.2) is 23.0 Å². The Hall–Kier alpha value is -2.77. The van der Waals surface area contributed by atoms with E-state index in [-0.39, 0.29) is 5.97 Å². The number of fused-ring (bicyclic) bond motifs is 1. The van der Waals surface area contributed by atoms with E-state index in [1.54, 1.807) is 29.9 Å². The van der Waals surface area contributed by atoms with Crippen LogP contribution in [0.3, 0.4) is 0 Å². The van der Waals surface area contributed by atoms with Crippen molar-refractivity contribution in [1.29, 1.82) is 0 Å². The number of nitrogens with zero attached hydrogens (tertiary/aromatic N) is 3. The van der Waals surface area contributed by atoms with Crippen molar-refractivity contribution in [2.45, 2.75) is 0 Å². The molecule has 124 valence electrons. The molecule has 25 heavy (non-hydrogen) atoms. The Labute approximate surface area is 152 Å². The van der Waals surface area contributed by atoms with Crippen molar-refractivity contribution >= 4 is 55.2 Å². The van der Waals surface area contributed by atoms with Crippen LogP contribution < -0.4 is 4.90 Å². The number of aromatic nitrogens is 2. The minimum absolute atomic E-state index is 0.340. The standard InChI is InChI=1S/C18H13N3O2S2/c1-23-18(22)14-9-12-13(10-19-11-15(12)25-14)21(17-6-4-8-24-17)16-5-2-3-7-20-16/h2-11H,1H3. The molecule has 0 spiro atoms. The minimum Gasteiger partial charge on any atom is -0.465 e. The minimum atomic E-state index is -0.340. The SMILES string of the molecule is COC(=O)c1cc2c(N(c3ccccn3)c3cccs3)cncc2s1. The summed E-state index contributed by atoms with van der Waals surface area (Å²) >= 11 is 2.99. The van der Waals surface area contributed by atoms with Gasteiger partial charge in [0, 0.05) is 17.8 Å². The molecule has 5 nitrogen and oxygen atoms in total. The van der Waals surface area contributed by atoms with E-state index in [1.165, 1.54) is 18.4 Å². The zero-order chi connectivity index (χ0) is 17.2. The van der Waals surface area contributed by atoms with Crippen LogP contribution in [0.15, 0.2) is 60.4 Å². The first-order valence-electron chi connectivity index (χ1n) is 7.48. The highest BCUT2D eigenvalue weighted by molar-refractivity contribution is 7.20. The molecule has 4 rings (SSSR count). The van der Waals surface area contributed by atoms with Gasteiger partial charge in [-0.15, -0.1) is 22.7 Å². The van der Waals surface area contributed by atoms with Crippen molar-refractivity contribution in [3.63, 3.8) is 0 Å². The normalized spacial score (nSPS) is 10.8. The molecule has 0 fully saturated rings. The van der Waals surface area contributed by atoms with Gasteiger partial charge in [-0.05, 0) is 35.7 Å². The second-order valence-corrected chi connectivity index (χ2v) is 7.16. The largest absolute Gasteiger partial charge is 0.465 e. The Morgan fingerprint density at radius 3 is 2.84 bits per heavy atom. The van der Waals surface area contributed by atoms with Gasteiger partial charge in [-0.3, -0.25) is 9.88 Å². The van der Waals surface area contributed by atoms with Crippen LogP contribution >= 0.6 is 22.7 Å². The van der Waals surface area contributed by atoms with Gasteiger partial charge < -0.3 is 4.74 Å². The lowest BCUT2D eigenvalue weighted by Crippen LogP contribution is -2.10. The summed E-state index contributed by atoms with van der Waals surface area (Å²) in [7, 11) is 1.39. The second-order valence-electron chi connectivity index (χ2n) is 5.15. The lowest BCUT2D eigenvalue weighted by atomic mass is 10.2. The monoisotopic (exact) mass is 367 g/mol. The quantitative estimate of drug-likeness (QED) is 0.475. The molecule has 0 aliphatic rings. The predicted octanol–water partition coefficient (Wildman–Crippen LogP) is 5.01. The van der Waals surface area contributed by atoms with Crippen molar-refractivity contribution in [1.82, 2.24) is 9.97 Å². The number of methoxy groups -OCH3 is 1. The molecule has 0 saturated carbocycles. The van der Waals surface area contributed by atoms with E-state index in [2.05, 4.69) is 9.97 Å². The average molecular weight is 367 g/mol. The summed E-state index contributed by atoms with van der Waals surface area (Å²) in [6, 6.07) is 11.7. The molecule has 0 amide bonds. The van der Waals surface area contributed by atoms with Crippen molar-refractivity contribution < 1.29 is 9.53 Å². The smallest absolute Gasteiger partial charge is 0.348 e. The number of hydrogen-bond donors (Lipinski definition) is 0. The van der Waals surface area contributed by atoms with E-state index in [9.17, 15) is 4.79 Å². The van der Waals surface area contributed by atoms with E-state index < -0.39 is 0 Å². The Bertz CT molecular complexity index is 1010. The summed E-state index contributed by atoms with van der Waals surface area (Å²) in [5, 5.41) is 3.99. The first-order valence-corrected chi connectivity index (χ1v) is 9.18. The van der Waals surface area contributed by atoms with Crippen LogP contribution in [0.2, 0.25) is 0 Å². The summed E-state index contributed by atoms with van der Waals surface area (Å²) in [6.07, 6.45) is 5.32. The van der Waals surface area contributed by atoms with E-state index in [1.807, 2.05) is 46.7 Å². The van der Waals surface area contributed by atoms with Gasteiger partial charge in [-0.2, -0.15) is 0 Å². The van der Waals surface area contributed by atoms with Gasteiger partial charge in [0.15, 0.2) is 0 Å². The topological polar surface area (TPSA) is 55.3 Å². The van der Waals surface area contributed by atoms with Crippen molar-refractivity contribution in [3.05, 3.63) is 65.2 Å². The van der Waals surface area contributed by atoms with Crippen molar-refractivity contribution in [2.75, 3.05) is 12.0 Å². The maximum Gasteiger partial charge on any atom is 0.348 e. The van der Waals surface area contributed by atoms with E-state index in [0.29, 0.717) is 4.88 Å². The predicted molar refractivity (Wildman–Crippen MR) is 101 cm³/mol. The van der Waals surface area contributed by atoms with Gasteiger partial charge in [0.05, 0.1) is 23.7 Å². The molecular formula is C18H13N3O2S2. The average Bonchev–Trinajstić information content (AvgIpc) is 3.32. The lowest BCUT2D eigenvalue weighted by Gasteiger charge is -2.22. The summed E-state index contributed by atoms with van der Waals surface area (Å²) in [6.45, 7) is 0. The molecule has 0 unspecified atom stereocenters. The highest BCUT2D eigenvalue weighted by Gasteiger charge is 2.20.